The molecule has 0 bridgehead atoms. The van der Waals surface area contributed by atoms with Gasteiger partial charge in [-0.15, -0.1) is 0 Å². The van der Waals surface area contributed by atoms with E-state index in [9.17, 15) is 8.42 Å². The van der Waals surface area contributed by atoms with Gasteiger partial charge in [0.05, 0.1) is 12.0 Å². The molecule has 2 aromatic rings. The molecule has 4 rings (SSSR count). The Bertz CT molecular complexity index is 909. The first-order valence-corrected chi connectivity index (χ1v) is 11.5. The Morgan fingerprint density at radius 3 is 2.68 bits per heavy atom. The van der Waals surface area contributed by atoms with E-state index in [0.717, 1.165) is 44.6 Å². The van der Waals surface area contributed by atoms with Crippen LogP contribution >= 0.6 is 0 Å². The zero-order valence-corrected chi connectivity index (χ0v) is 17.1. The Hall–Kier alpha value is -1.89. The van der Waals surface area contributed by atoms with Crippen LogP contribution in [0.4, 0.5) is 0 Å². The number of rotatable bonds is 5. The van der Waals surface area contributed by atoms with Crippen LogP contribution in [-0.2, 0) is 22.8 Å². The first-order chi connectivity index (χ1) is 13.6. The summed E-state index contributed by atoms with van der Waals surface area (Å²) in [5.74, 6) is 0.955. The Balaban J connectivity index is 1.68. The number of sulfone groups is 1. The highest BCUT2D eigenvalue weighted by atomic mass is 32.2. The van der Waals surface area contributed by atoms with Crippen molar-refractivity contribution in [3.63, 3.8) is 0 Å². The third kappa shape index (κ3) is 3.81. The van der Waals surface area contributed by atoms with Crippen molar-refractivity contribution in [2.75, 3.05) is 26.7 Å². The monoisotopic (exact) mass is 400 g/mol. The van der Waals surface area contributed by atoms with Crippen LogP contribution in [-0.4, -0.2) is 45.4 Å². The molecule has 2 aliphatic rings. The van der Waals surface area contributed by atoms with Crippen molar-refractivity contribution in [2.24, 2.45) is 5.92 Å². The Labute approximate surface area is 167 Å². The second-order valence-electron chi connectivity index (χ2n) is 7.71. The third-order valence-corrected chi connectivity index (χ3v) is 8.19. The second kappa shape index (κ2) is 8.23. The lowest BCUT2D eigenvalue weighted by molar-refractivity contribution is 0.162. The molecule has 1 fully saturated rings. The van der Waals surface area contributed by atoms with Crippen LogP contribution < -0.4 is 10.1 Å². The fraction of sp³-hybridized carbons (Fsp3) is 0.455. The van der Waals surface area contributed by atoms with Gasteiger partial charge in [0.2, 0.25) is 0 Å². The molecule has 0 aliphatic carbocycles. The van der Waals surface area contributed by atoms with Crippen LogP contribution in [0.25, 0.3) is 0 Å². The molecule has 0 saturated carbocycles. The minimum absolute atomic E-state index is 0.0961. The summed E-state index contributed by atoms with van der Waals surface area (Å²) in [6, 6.07) is 15.0. The molecule has 2 aromatic carbocycles. The maximum atomic E-state index is 13.7. The SMILES string of the molecule is COc1ccc2c(c1)CCN(C(C1CCCNC1)S(=O)(=O)c1ccccc1)C2. The number of fused-ring (bicyclic) bond motifs is 1. The van der Waals surface area contributed by atoms with Gasteiger partial charge in [0.25, 0.3) is 0 Å². The summed E-state index contributed by atoms with van der Waals surface area (Å²) in [6.07, 6.45) is 2.80. The minimum Gasteiger partial charge on any atom is -0.497 e. The molecule has 2 atom stereocenters. The van der Waals surface area contributed by atoms with Crippen molar-refractivity contribution in [3.05, 3.63) is 59.7 Å². The maximum absolute atomic E-state index is 13.7. The van der Waals surface area contributed by atoms with E-state index in [0.29, 0.717) is 11.4 Å². The molecule has 150 valence electrons. The average Bonchev–Trinajstić information content (AvgIpc) is 2.74. The fourth-order valence-electron chi connectivity index (χ4n) is 4.51. The van der Waals surface area contributed by atoms with Crippen molar-refractivity contribution in [3.8, 4) is 5.75 Å². The predicted octanol–water partition coefficient (Wildman–Crippen LogP) is 2.85. The summed E-state index contributed by atoms with van der Waals surface area (Å²) in [5.41, 5.74) is 2.46. The summed E-state index contributed by atoms with van der Waals surface area (Å²) in [7, 11) is -1.78. The molecule has 1 N–H and O–H groups in total. The molecule has 1 saturated heterocycles. The van der Waals surface area contributed by atoms with Crippen molar-refractivity contribution >= 4 is 9.84 Å². The van der Waals surface area contributed by atoms with E-state index in [2.05, 4.69) is 22.3 Å². The summed E-state index contributed by atoms with van der Waals surface area (Å²) in [5, 5.41) is 2.90. The van der Waals surface area contributed by atoms with Crippen molar-refractivity contribution in [2.45, 2.75) is 36.1 Å². The van der Waals surface area contributed by atoms with E-state index in [4.69, 9.17) is 4.74 Å². The van der Waals surface area contributed by atoms with Gasteiger partial charge in [-0.1, -0.05) is 24.3 Å². The molecule has 28 heavy (non-hydrogen) atoms. The quantitative estimate of drug-likeness (QED) is 0.836. The van der Waals surface area contributed by atoms with Gasteiger partial charge in [-0.05, 0) is 61.2 Å². The van der Waals surface area contributed by atoms with Crippen LogP contribution in [0.5, 0.6) is 5.75 Å². The summed E-state index contributed by atoms with van der Waals surface area (Å²) in [6.45, 7) is 3.12. The Morgan fingerprint density at radius 1 is 1.14 bits per heavy atom. The lowest BCUT2D eigenvalue weighted by Crippen LogP contribution is -2.52. The van der Waals surface area contributed by atoms with Gasteiger partial charge in [0.15, 0.2) is 9.84 Å². The van der Waals surface area contributed by atoms with E-state index in [1.807, 2.05) is 12.1 Å². The summed E-state index contributed by atoms with van der Waals surface area (Å²) >= 11 is 0. The highest BCUT2D eigenvalue weighted by molar-refractivity contribution is 7.92. The first kappa shape index (κ1) is 19.4. The number of nitrogens with zero attached hydrogens (tertiary/aromatic N) is 1. The second-order valence-corrected chi connectivity index (χ2v) is 9.75. The van der Waals surface area contributed by atoms with Crippen LogP contribution in [0.2, 0.25) is 0 Å². The number of hydrogen-bond donors (Lipinski definition) is 1. The van der Waals surface area contributed by atoms with Gasteiger partial charge >= 0.3 is 0 Å². The van der Waals surface area contributed by atoms with Gasteiger partial charge in [0, 0.05) is 25.6 Å². The fourth-order valence-corrected chi connectivity index (χ4v) is 6.64. The number of nitrogens with one attached hydrogen (secondary N) is 1. The van der Waals surface area contributed by atoms with Gasteiger partial charge in [-0.2, -0.15) is 0 Å². The van der Waals surface area contributed by atoms with Crippen molar-refractivity contribution < 1.29 is 13.2 Å². The molecule has 2 heterocycles. The van der Waals surface area contributed by atoms with Crippen molar-refractivity contribution in [1.29, 1.82) is 0 Å². The van der Waals surface area contributed by atoms with Crippen LogP contribution in [0.1, 0.15) is 24.0 Å². The molecule has 5 nitrogen and oxygen atoms in total. The zero-order chi connectivity index (χ0) is 19.6. The molecular weight excluding hydrogens is 372 g/mol. The molecule has 0 spiro atoms. The number of hydrogen-bond acceptors (Lipinski definition) is 5. The lowest BCUT2D eigenvalue weighted by Gasteiger charge is -2.40. The maximum Gasteiger partial charge on any atom is 0.194 e. The number of ether oxygens (including phenoxy) is 1. The molecule has 2 aliphatic heterocycles. The molecule has 0 radical (unpaired) electrons. The van der Waals surface area contributed by atoms with Crippen molar-refractivity contribution in [1.82, 2.24) is 10.2 Å². The molecule has 0 amide bonds. The Morgan fingerprint density at radius 2 is 1.96 bits per heavy atom. The van der Waals surface area contributed by atoms with Gasteiger partial charge in [-0.3, -0.25) is 4.90 Å². The average molecular weight is 401 g/mol. The predicted molar refractivity (Wildman–Crippen MR) is 110 cm³/mol. The normalized spacial score (nSPS) is 21.7. The lowest BCUT2D eigenvalue weighted by atomic mass is 9.95. The largest absolute Gasteiger partial charge is 0.497 e. The minimum atomic E-state index is -3.45. The van der Waals surface area contributed by atoms with Gasteiger partial charge < -0.3 is 10.1 Å². The van der Waals surface area contributed by atoms with Gasteiger partial charge in [-0.25, -0.2) is 8.42 Å². The highest BCUT2D eigenvalue weighted by Gasteiger charge is 2.40. The summed E-state index contributed by atoms with van der Waals surface area (Å²) < 4.78 is 32.7. The van der Waals surface area contributed by atoms with Crippen LogP contribution in [0, 0.1) is 5.92 Å². The van der Waals surface area contributed by atoms with E-state index in [1.54, 1.807) is 31.4 Å². The van der Waals surface area contributed by atoms with Crippen LogP contribution in [0.15, 0.2) is 53.4 Å². The standard InChI is InChI=1S/C22H28N2O3S/c1-27-20-10-9-19-16-24(13-11-17(19)14-20)22(18-6-5-12-23-15-18)28(25,26)21-7-3-2-4-8-21/h2-4,7-10,14,18,22-23H,5-6,11-13,15-16H2,1H3. The van der Waals surface area contributed by atoms with Crippen LogP contribution in [0.3, 0.4) is 0 Å². The summed E-state index contributed by atoms with van der Waals surface area (Å²) in [4.78, 5) is 2.60. The highest BCUT2D eigenvalue weighted by Crippen LogP contribution is 2.33. The van der Waals surface area contributed by atoms with Gasteiger partial charge in [0.1, 0.15) is 11.1 Å². The van der Waals surface area contributed by atoms with E-state index < -0.39 is 15.2 Å². The molecule has 6 heteroatoms. The number of benzene rings is 2. The van der Waals surface area contributed by atoms with E-state index >= 15 is 0 Å². The number of methoxy groups -OCH3 is 1. The zero-order valence-electron chi connectivity index (χ0n) is 16.3. The van der Waals surface area contributed by atoms with E-state index in [1.165, 1.54) is 11.1 Å². The topological polar surface area (TPSA) is 58.6 Å². The number of piperidine rings is 1. The molecule has 0 aromatic heterocycles. The molecule has 2 unspecified atom stereocenters. The third-order valence-electron chi connectivity index (χ3n) is 5.94. The van der Waals surface area contributed by atoms with E-state index in [-0.39, 0.29) is 5.92 Å². The smallest absolute Gasteiger partial charge is 0.194 e. The first-order valence-electron chi connectivity index (χ1n) is 9.99. The molecular formula is C22H28N2O3S. The Kier molecular flexibility index (Phi) is 5.71.